The van der Waals surface area contributed by atoms with Gasteiger partial charge in [0.05, 0.1) is 31.5 Å². The Morgan fingerprint density at radius 1 is 1.43 bits per heavy atom. The van der Waals surface area contributed by atoms with Gasteiger partial charge in [-0.2, -0.15) is 5.10 Å². The van der Waals surface area contributed by atoms with Crippen molar-refractivity contribution in [1.29, 1.82) is 0 Å². The Hall–Kier alpha value is -1.37. The molecule has 2 rings (SSSR count). The van der Waals surface area contributed by atoms with Gasteiger partial charge in [0.2, 0.25) is 5.78 Å². The Balaban J connectivity index is 2.42. The van der Waals surface area contributed by atoms with Crippen molar-refractivity contribution in [2.24, 2.45) is 0 Å². The molecule has 0 radical (unpaired) electrons. The van der Waals surface area contributed by atoms with Crippen molar-refractivity contribution in [2.75, 3.05) is 20.8 Å². The van der Waals surface area contributed by atoms with Gasteiger partial charge in [-0.05, 0) is 18.2 Å². The highest BCUT2D eigenvalue weighted by Gasteiger charge is 2.21. The van der Waals surface area contributed by atoms with Crippen LogP contribution < -0.4 is 4.74 Å². The van der Waals surface area contributed by atoms with Gasteiger partial charge in [-0.25, -0.2) is 0 Å². The van der Waals surface area contributed by atoms with Crippen LogP contribution in [0.1, 0.15) is 16.1 Å². The summed E-state index contributed by atoms with van der Waals surface area (Å²) >= 11 is 9.48. The van der Waals surface area contributed by atoms with E-state index < -0.39 is 0 Å². The quantitative estimate of drug-likeness (QED) is 0.730. The number of halogens is 2. The zero-order valence-electron chi connectivity index (χ0n) is 11.6. The summed E-state index contributed by atoms with van der Waals surface area (Å²) < 4.78 is 12.4. The average Bonchev–Trinajstić information content (AvgIpc) is 2.86. The van der Waals surface area contributed by atoms with Gasteiger partial charge < -0.3 is 9.47 Å². The molecule has 1 heterocycles. The number of hydrogen-bond donors (Lipinski definition) is 0. The molecule has 0 fully saturated rings. The number of ketones is 1. The average molecular weight is 374 g/mol. The lowest BCUT2D eigenvalue weighted by Gasteiger charge is -2.09. The molecule has 112 valence electrons. The molecule has 0 aliphatic carbocycles. The molecular weight excluding hydrogens is 360 g/mol. The first-order valence-corrected chi connectivity index (χ1v) is 7.34. The van der Waals surface area contributed by atoms with Gasteiger partial charge in [-0.3, -0.25) is 9.48 Å². The van der Waals surface area contributed by atoms with Crippen LogP contribution in [0.3, 0.4) is 0 Å². The third kappa shape index (κ3) is 3.45. The first-order chi connectivity index (χ1) is 10.1. The van der Waals surface area contributed by atoms with Crippen molar-refractivity contribution in [3.63, 3.8) is 0 Å². The van der Waals surface area contributed by atoms with Gasteiger partial charge in [0.1, 0.15) is 11.4 Å². The number of rotatable bonds is 6. The summed E-state index contributed by atoms with van der Waals surface area (Å²) in [5, 5.41) is 4.42. The molecule has 0 saturated heterocycles. The summed E-state index contributed by atoms with van der Waals surface area (Å²) in [4.78, 5) is 12.7. The second kappa shape index (κ2) is 7.06. The van der Waals surface area contributed by atoms with Gasteiger partial charge in [0.25, 0.3) is 0 Å². The summed E-state index contributed by atoms with van der Waals surface area (Å²) in [7, 11) is 3.14. The highest BCUT2D eigenvalue weighted by atomic mass is 79.9. The zero-order valence-corrected chi connectivity index (χ0v) is 13.9. The first-order valence-electron chi connectivity index (χ1n) is 6.17. The maximum Gasteiger partial charge on any atom is 0.213 e. The van der Waals surface area contributed by atoms with Crippen LogP contribution in [0.5, 0.6) is 5.75 Å². The number of aromatic nitrogens is 2. The molecule has 0 unspecified atom stereocenters. The molecule has 0 saturated carbocycles. The molecule has 0 bridgehead atoms. The second-order valence-electron chi connectivity index (χ2n) is 4.23. The maximum atomic E-state index is 12.7. The fourth-order valence-electron chi connectivity index (χ4n) is 1.87. The van der Waals surface area contributed by atoms with E-state index in [1.165, 1.54) is 6.20 Å². The summed E-state index contributed by atoms with van der Waals surface area (Å²) in [5.74, 6) is 0.375. The van der Waals surface area contributed by atoms with Crippen molar-refractivity contribution in [2.45, 2.75) is 6.54 Å². The molecular formula is C14H14BrClN2O3. The molecule has 2 aromatic rings. The lowest BCUT2D eigenvalue weighted by molar-refractivity contribution is 0.102. The van der Waals surface area contributed by atoms with E-state index in [-0.39, 0.29) is 5.78 Å². The first kappa shape index (κ1) is 16.0. The number of hydrogen-bond acceptors (Lipinski definition) is 4. The Morgan fingerprint density at radius 2 is 2.19 bits per heavy atom. The third-order valence-electron chi connectivity index (χ3n) is 2.94. The van der Waals surface area contributed by atoms with Crippen LogP contribution in [0.4, 0.5) is 0 Å². The van der Waals surface area contributed by atoms with Gasteiger partial charge >= 0.3 is 0 Å². The Kier molecular flexibility index (Phi) is 5.39. The predicted molar refractivity (Wildman–Crippen MR) is 83.2 cm³/mol. The number of carbonyl (C=O) groups is 1. The molecule has 0 N–H and O–H groups in total. The minimum atomic E-state index is -0.223. The SMILES string of the molecule is COCCn1ncc(Cl)c1C(=O)c1cc(OC)ccc1Br. The third-order valence-corrected chi connectivity index (χ3v) is 3.90. The van der Waals surface area contributed by atoms with E-state index in [0.717, 1.165) is 0 Å². The molecule has 0 amide bonds. The van der Waals surface area contributed by atoms with Gasteiger partial charge in [-0.15, -0.1) is 0 Å². The molecule has 0 aliphatic heterocycles. The molecule has 0 atom stereocenters. The summed E-state index contributed by atoms with van der Waals surface area (Å²) in [5.41, 5.74) is 0.804. The lowest BCUT2D eigenvalue weighted by Crippen LogP contribution is -2.15. The number of benzene rings is 1. The minimum Gasteiger partial charge on any atom is -0.497 e. The summed E-state index contributed by atoms with van der Waals surface area (Å²) in [6.45, 7) is 0.892. The largest absolute Gasteiger partial charge is 0.497 e. The van der Waals surface area contributed by atoms with Crippen molar-refractivity contribution < 1.29 is 14.3 Å². The number of methoxy groups -OCH3 is 2. The van der Waals surface area contributed by atoms with Gasteiger partial charge in [0, 0.05) is 17.1 Å². The smallest absolute Gasteiger partial charge is 0.213 e. The van der Waals surface area contributed by atoms with Crippen LogP contribution in [0.25, 0.3) is 0 Å². The van der Waals surface area contributed by atoms with E-state index >= 15 is 0 Å². The van der Waals surface area contributed by atoms with Crippen molar-refractivity contribution in [3.8, 4) is 5.75 Å². The van der Waals surface area contributed by atoms with Crippen LogP contribution in [0.15, 0.2) is 28.9 Å². The van der Waals surface area contributed by atoms with Gasteiger partial charge in [-0.1, -0.05) is 27.5 Å². The topological polar surface area (TPSA) is 53.4 Å². The van der Waals surface area contributed by atoms with E-state index in [4.69, 9.17) is 21.1 Å². The van der Waals surface area contributed by atoms with Crippen molar-refractivity contribution in [3.05, 3.63) is 45.1 Å². The molecule has 21 heavy (non-hydrogen) atoms. The predicted octanol–water partition coefficient (Wildman–Crippen LogP) is 3.19. The van der Waals surface area contributed by atoms with Crippen LogP contribution >= 0.6 is 27.5 Å². The zero-order chi connectivity index (χ0) is 15.4. The van der Waals surface area contributed by atoms with E-state index in [1.807, 2.05) is 0 Å². The number of carbonyl (C=O) groups excluding carboxylic acids is 1. The van der Waals surface area contributed by atoms with E-state index in [1.54, 1.807) is 37.1 Å². The van der Waals surface area contributed by atoms with Gasteiger partial charge in [0.15, 0.2) is 0 Å². The highest BCUT2D eigenvalue weighted by molar-refractivity contribution is 9.10. The van der Waals surface area contributed by atoms with Crippen LogP contribution in [0.2, 0.25) is 5.02 Å². The molecule has 0 spiro atoms. The normalized spacial score (nSPS) is 10.7. The van der Waals surface area contributed by atoms with E-state index in [0.29, 0.717) is 39.7 Å². The van der Waals surface area contributed by atoms with E-state index in [2.05, 4.69) is 21.0 Å². The standard InChI is InChI=1S/C14H14BrClN2O3/c1-20-6-5-18-13(12(16)8-17-18)14(19)10-7-9(21-2)3-4-11(10)15/h3-4,7-8H,5-6H2,1-2H3. The molecule has 5 nitrogen and oxygen atoms in total. The van der Waals surface area contributed by atoms with Crippen LogP contribution in [0, 0.1) is 0 Å². The maximum absolute atomic E-state index is 12.7. The van der Waals surface area contributed by atoms with Crippen molar-refractivity contribution in [1.82, 2.24) is 9.78 Å². The lowest BCUT2D eigenvalue weighted by atomic mass is 10.1. The summed E-state index contributed by atoms with van der Waals surface area (Å²) in [6.07, 6.45) is 1.46. The Labute approximate surface area is 135 Å². The minimum absolute atomic E-state index is 0.223. The molecule has 1 aromatic carbocycles. The fourth-order valence-corrected chi connectivity index (χ4v) is 2.52. The molecule has 0 aliphatic rings. The van der Waals surface area contributed by atoms with Crippen LogP contribution in [-0.2, 0) is 11.3 Å². The number of ether oxygens (including phenoxy) is 2. The van der Waals surface area contributed by atoms with Crippen molar-refractivity contribution >= 4 is 33.3 Å². The van der Waals surface area contributed by atoms with Crippen LogP contribution in [-0.4, -0.2) is 36.4 Å². The summed E-state index contributed by atoms with van der Waals surface area (Å²) in [6, 6.07) is 5.19. The molecule has 1 aromatic heterocycles. The molecule has 7 heteroatoms. The Bertz CT molecular complexity index is 658. The highest BCUT2D eigenvalue weighted by Crippen LogP contribution is 2.27. The number of nitrogens with zero attached hydrogens (tertiary/aromatic N) is 2. The fraction of sp³-hybridized carbons (Fsp3) is 0.286. The van der Waals surface area contributed by atoms with E-state index in [9.17, 15) is 4.79 Å². The monoisotopic (exact) mass is 372 g/mol. The second-order valence-corrected chi connectivity index (χ2v) is 5.49. The Morgan fingerprint density at radius 3 is 2.86 bits per heavy atom.